The molecule has 5 aromatic heterocycles. The summed E-state index contributed by atoms with van der Waals surface area (Å²) in [6.45, 7) is 4.00. The third-order valence-corrected chi connectivity index (χ3v) is 8.30. The van der Waals surface area contributed by atoms with Crippen LogP contribution in [0.5, 0.6) is 0 Å². The molecule has 3 aromatic carbocycles. The van der Waals surface area contributed by atoms with Gasteiger partial charge >= 0.3 is 0 Å². The van der Waals surface area contributed by atoms with Crippen LogP contribution in [0.3, 0.4) is 0 Å². The van der Waals surface area contributed by atoms with E-state index in [1.807, 2.05) is 44.2 Å². The van der Waals surface area contributed by atoms with Crippen LogP contribution in [-0.4, -0.2) is 24.9 Å². The summed E-state index contributed by atoms with van der Waals surface area (Å²) >= 11 is 0. The van der Waals surface area contributed by atoms with Crippen LogP contribution in [0.25, 0.3) is 88.2 Å². The zero-order valence-corrected chi connectivity index (χ0v) is 25.6. The predicted octanol–water partition coefficient (Wildman–Crippen LogP) is 10.9. The number of nitrogens with one attached hydrogen (secondary N) is 2. The largest absolute Gasteiger partial charge is 0.354 e. The molecular weight excluding hydrogens is 562 g/mol. The number of fused-ring (bicyclic) bond motifs is 19. The van der Waals surface area contributed by atoms with E-state index in [1.54, 1.807) is 0 Å². The number of H-pyrrole nitrogens is 2. The zero-order chi connectivity index (χ0) is 31.0. The number of hydrogen-bond acceptors (Lipinski definition) is 3. The molecule has 6 heterocycles. The maximum Gasteiger partial charge on any atom is 0.0737 e. The molecule has 0 amide bonds. The summed E-state index contributed by atoms with van der Waals surface area (Å²) in [6.07, 6.45) is 0. The Kier molecular flexibility index (Phi) is 6.84. The van der Waals surface area contributed by atoms with Crippen LogP contribution in [-0.2, 0) is 0 Å². The average molecular weight is 594 g/mol. The molecule has 1 aliphatic heterocycles. The van der Waals surface area contributed by atoms with E-state index in [2.05, 4.69) is 119 Å². The van der Waals surface area contributed by atoms with E-state index in [-0.39, 0.29) is 0 Å². The summed E-state index contributed by atoms with van der Waals surface area (Å²) < 4.78 is 0. The van der Waals surface area contributed by atoms with Gasteiger partial charge in [0.25, 0.3) is 0 Å². The third-order valence-electron chi connectivity index (χ3n) is 8.30. The van der Waals surface area contributed by atoms with Crippen LogP contribution in [0.2, 0.25) is 0 Å². The minimum absolute atomic E-state index is 0.855. The molecule has 5 nitrogen and oxygen atoms in total. The van der Waals surface area contributed by atoms with Crippen molar-refractivity contribution in [2.45, 2.75) is 13.8 Å². The van der Waals surface area contributed by atoms with Gasteiger partial charge in [-0.15, -0.1) is 0 Å². The normalized spacial score (nSPS) is 11.3. The molecule has 0 spiro atoms. The number of nitrogens with zero attached hydrogens (tertiary/aromatic N) is 3. The third kappa shape index (κ3) is 4.88. The fraction of sp³-hybridized carbons (Fsp3) is 0.0488. The number of rotatable bonds is 0. The highest BCUT2D eigenvalue weighted by Crippen LogP contribution is 2.36. The van der Waals surface area contributed by atoms with E-state index < -0.39 is 0 Å². The Hall–Kier alpha value is -6.07. The summed E-state index contributed by atoms with van der Waals surface area (Å²) in [5.41, 5.74) is 11.5. The molecule has 5 heteroatoms. The summed E-state index contributed by atoms with van der Waals surface area (Å²) in [7, 11) is 0. The molecule has 8 aromatic rings. The molecule has 0 radical (unpaired) electrons. The van der Waals surface area contributed by atoms with Crippen molar-refractivity contribution in [3.63, 3.8) is 0 Å². The highest BCUT2D eigenvalue weighted by atomic mass is 14.8. The lowest BCUT2D eigenvalue weighted by atomic mass is 10.0. The Morgan fingerprint density at radius 3 is 1.13 bits per heavy atom. The van der Waals surface area contributed by atoms with Gasteiger partial charge in [-0.05, 0) is 54.6 Å². The van der Waals surface area contributed by atoms with Crippen molar-refractivity contribution < 1.29 is 0 Å². The number of benzene rings is 3. The Balaban J connectivity index is 0.00000153. The highest BCUT2D eigenvalue weighted by Gasteiger charge is 2.16. The highest BCUT2D eigenvalue weighted by molar-refractivity contribution is 6.09. The maximum atomic E-state index is 5.13. The van der Waals surface area contributed by atoms with Crippen LogP contribution >= 0.6 is 0 Å². The first-order chi connectivity index (χ1) is 22.7. The van der Waals surface area contributed by atoms with Gasteiger partial charge in [0.15, 0.2) is 0 Å². The number of hydrogen-bond donors (Lipinski definition) is 2. The van der Waals surface area contributed by atoms with Crippen molar-refractivity contribution >= 4 is 65.7 Å². The van der Waals surface area contributed by atoms with Crippen LogP contribution < -0.4 is 0 Å². The first-order valence-corrected chi connectivity index (χ1v) is 15.7. The lowest BCUT2D eigenvalue weighted by Gasteiger charge is -1.97. The van der Waals surface area contributed by atoms with Crippen molar-refractivity contribution in [1.82, 2.24) is 24.9 Å². The molecule has 0 aliphatic carbocycles. The van der Waals surface area contributed by atoms with Crippen molar-refractivity contribution in [3.8, 4) is 22.5 Å². The number of aromatic amines is 2. The van der Waals surface area contributed by atoms with Crippen molar-refractivity contribution in [3.05, 3.63) is 140 Å². The maximum absolute atomic E-state index is 5.13. The lowest BCUT2D eigenvalue weighted by molar-refractivity contribution is 1.40. The fourth-order valence-electron chi connectivity index (χ4n) is 6.30. The van der Waals surface area contributed by atoms with Crippen LogP contribution in [0.15, 0.2) is 140 Å². The van der Waals surface area contributed by atoms with Crippen LogP contribution in [0, 0.1) is 0 Å². The monoisotopic (exact) mass is 593 g/mol. The van der Waals surface area contributed by atoms with Crippen molar-refractivity contribution in [1.29, 1.82) is 0 Å². The second kappa shape index (κ2) is 11.5. The average Bonchev–Trinajstić information content (AvgIpc) is 3.74. The first kappa shape index (κ1) is 27.5. The van der Waals surface area contributed by atoms with Gasteiger partial charge in [0.1, 0.15) is 0 Å². The van der Waals surface area contributed by atoms with Crippen LogP contribution in [0.4, 0.5) is 0 Å². The Morgan fingerprint density at radius 1 is 0.348 bits per heavy atom. The quantitative estimate of drug-likeness (QED) is 0.184. The van der Waals surface area contributed by atoms with E-state index in [1.165, 1.54) is 0 Å². The number of aromatic nitrogens is 5. The molecule has 0 fully saturated rings. The minimum Gasteiger partial charge on any atom is -0.354 e. The first-order valence-electron chi connectivity index (χ1n) is 15.7. The second-order valence-electron chi connectivity index (χ2n) is 11.1. The molecule has 0 saturated heterocycles. The van der Waals surface area contributed by atoms with Gasteiger partial charge in [0, 0.05) is 54.7 Å². The van der Waals surface area contributed by atoms with Gasteiger partial charge in [-0.25, -0.2) is 15.0 Å². The minimum atomic E-state index is 0.855. The van der Waals surface area contributed by atoms with Crippen molar-refractivity contribution in [2.75, 3.05) is 0 Å². The molecule has 9 rings (SSSR count). The molecule has 2 N–H and O–H groups in total. The predicted molar refractivity (Wildman–Crippen MR) is 193 cm³/mol. The van der Waals surface area contributed by atoms with Gasteiger partial charge in [-0.2, -0.15) is 0 Å². The Morgan fingerprint density at radius 2 is 0.696 bits per heavy atom. The lowest BCUT2D eigenvalue weighted by Crippen LogP contribution is -1.77. The van der Waals surface area contributed by atoms with Crippen molar-refractivity contribution in [2.24, 2.45) is 0 Å². The molecule has 46 heavy (non-hydrogen) atoms. The van der Waals surface area contributed by atoms with E-state index in [0.717, 1.165) is 88.2 Å². The molecule has 220 valence electrons. The van der Waals surface area contributed by atoms with E-state index in [9.17, 15) is 0 Å². The standard InChI is InChI=1S/C39H25N5.C2H6/c1-2-14-29-28(13-1)34-19-24-9-7-11-26(40-24)21-36-30-15-3-5-17-32(30)38(43-36)23-39-33-18-6-4-16-31(33)37(44-39)22-27-12-8-10-25(41-27)20-35(29)42-34;1-2/h1-23,42-43H;1-2H3. The summed E-state index contributed by atoms with van der Waals surface area (Å²) in [4.78, 5) is 22.5. The van der Waals surface area contributed by atoms with Crippen LogP contribution in [0.1, 0.15) is 13.8 Å². The topological polar surface area (TPSA) is 70.2 Å². The van der Waals surface area contributed by atoms with Gasteiger partial charge in [0.2, 0.25) is 0 Å². The summed E-state index contributed by atoms with van der Waals surface area (Å²) in [5.74, 6) is 0. The fourth-order valence-corrected chi connectivity index (χ4v) is 6.30. The molecule has 1 aliphatic rings. The van der Waals surface area contributed by atoms with Gasteiger partial charge in [-0.3, -0.25) is 0 Å². The number of pyridine rings is 2. The van der Waals surface area contributed by atoms with Gasteiger partial charge in [0.05, 0.1) is 33.5 Å². The smallest absolute Gasteiger partial charge is 0.0737 e. The van der Waals surface area contributed by atoms with E-state index in [0.29, 0.717) is 0 Å². The zero-order valence-electron chi connectivity index (χ0n) is 25.6. The molecule has 0 unspecified atom stereocenters. The SMILES string of the molecule is CC.c1ccc2c(c1)-c1cc3cccc(cc4[nH]c(cc5cccc(cc6[nH]c(cc-2n1)c1ccccc61)n5)c1ccccc41)n3. The van der Waals surface area contributed by atoms with E-state index in [4.69, 9.17) is 15.0 Å². The molecule has 0 saturated carbocycles. The van der Waals surface area contributed by atoms with Gasteiger partial charge in [-0.1, -0.05) is 98.8 Å². The molecular formula is C41H31N5. The Labute approximate surface area is 265 Å². The summed E-state index contributed by atoms with van der Waals surface area (Å²) in [6, 6.07) is 48.1. The van der Waals surface area contributed by atoms with Gasteiger partial charge < -0.3 is 9.97 Å². The van der Waals surface area contributed by atoms with E-state index >= 15 is 0 Å². The Bertz CT molecular complexity index is 2630. The molecule has 10 bridgehead atoms. The second-order valence-corrected chi connectivity index (χ2v) is 11.1. The summed E-state index contributed by atoms with van der Waals surface area (Å²) in [5, 5.41) is 4.55. The molecule has 0 atom stereocenters.